The van der Waals surface area contributed by atoms with Crippen molar-refractivity contribution in [2.45, 2.75) is 207 Å². The Labute approximate surface area is 420 Å². The zero-order chi connectivity index (χ0) is 52.0. The molecule has 0 aromatic heterocycles. The minimum Gasteiger partial charge on any atom is -0.466 e. The van der Waals surface area contributed by atoms with E-state index in [1.54, 1.807) is 18.2 Å². The number of halogens is 5. The molecule has 0 bridgehead atoms. The zero-order valence-corrected chi connectivity index (χ0v) is 42.9. The number of carbonyl (C=O) groups excluding carboxylic acids is 4. The highest BCUT2D eigenvalue weighted by molar-refractivity contribution is 5.70. The van der Waals surface area contributed by atoms with E-state index in [1.165, 1.54) is 0 Å². The minimum atomic E-state index is -5.55. The number of allylic oxidation sites excluding steroid dienone is 4. The third-order valence-electron chi connectivity index (χ3n) is 11.9. The number of piperidine rings is 1. The van der Waals surface area contributed by atoms with Crippen LogP contribution in [0.25, 0.3) is 0 Å². The van der Waals surface area contributed by atoms with Gasteiger partial charge in [-0.3, -0.25) is 14.4 Å². The second kappa shape index (κ2) is 38.5. The molecule has 0 N–H and O–H groups in total. The van der Waals surface area contributed by atoms with Gasteiger partial charge in [0.25, 0.3) is 0 Å². The largest absolute Gasteiger partial charge is 0.508 e. The summed E-state index contributed by atoms with van der Waals surface area (Å²) >= 11 is 0. The van der Waals surface area contributed by atoms with Crippen LogP contribution in [0.2, 0.25) is 0 Å². The molecule has 1 aromatic carbocycles. The van der Waals surface area contributed by atoms with Gasteiger partial charge >= 0.3 is 36.2 Å². The highest BCUT2D eigenvalue weighted by Crippen LogP contribution is 2.39. The molecule has 406 valence electrons. The van der Waals surface area contributed by atoms with Gasteiger partial charge in [0.15, 0.2) is 6.29 Å². The molecule has 1 unspecified atom stereocenters. The number of alkyl halides is 5. The van der Waals surface area contributed by atoms with Crippen LogP contribution in [-0.2, 0) is 67.4 Å². The minimum absolute atomic E-state index is 0.0658. The first kappa shape index (κ1) is 63.0. The molecule has 0 saturated carbocycles. The van der Waals surface area contributed by atoms with Gasteiger partial charge in [0.1, 0.15) is 19.8 Å². The molecular formula is C54H84F5NO11. The Bertz CT molecular complexity index is 1650. The van der Waals surface area contributed by atoms with Crippen LogP contribution in [-0.4, -0.2) is 93.4 Å². The monoisotopic (exact) mass is 1020 g/mol. The summed E-state index contributed by atoms with van der Waals surface area (Å²) in [5.41, 5.74) is 1.82. The molecule has 2 rings (SSSR count). The van der Waals surface area contributed by atoms with E-state index in [4.69, 9.17) is 33.2 Å². The number of likely N-dealkylation sites (tertiary alicyclic amines) is 1. The van der Waals surface area contributed by atoms with E-state index >= 15 is 0 Å². The smallest absolute Gasteiger partial charge is 0.466 e. The first-order valence-electron chi connectivity index (χ1n) is 26.2. The Kier molecular flexibility index (Phi) is 34.2. The van der Waals surface area contributed by atoms with Gasteiger partial charge in [-0.15, -0.1) is 0 Å². The van der Waals surface area contributed by atoms with Crippen molar-refractivity contribution in [1.82, 2.24) is 4.90 Å². The summed E-state index contributed by atoms with van der Waals surface area (Å²) in [4.78, 5) is 52.8. The van der Waals surface area contributed by atoms with Crippen LogP contribution in [0, 0.1) is 5.92 Å². The van der Waals surface area contributed by atoms with E-state index in [2.05, 4.69) is 50.0 Å². The average molecular weight is 1020 g/mol. The van der Waals surface area contributed by atoms with E-state index in [9.17, 15) is 41.1 Å². The molecule has 1 aliphatic rings. The van der Waals surface area contributed by atoms with Crippen molar-refractivity contribution >= 4 is 24.1 Å². The lowest BCUT2D eigenvalue weighted by Gasteiger charge is -2.31. The number of esters is 3. The quantitative estimate of drug-likeness (QED) is 0.0155. The molecule has 1 atom stereocenters. The number of unbranched alkanes of at least 4 members (excludes halogenated alkanes) is 10. The third kappa shape index (κ3) is 31.9. The molecule has 17 heteroatoms. The normalized spacial score (nSPS) is 14.6. The summed E-state index contributed by atoms with van der Waals surface area (Å²) in [7, 11) is 0. The van der Waals surface area contributed by atoms with Crippen molar-refractivity contribution < 1.29 is 74.3 Å². The fourth-order valence-electron chi connectivity index (χ4n) is 7.78. The van der Waals surface area contributed by atoms with E-state index in [0.29, 0.717) is 74.8 Å². The van der Waals surface area contributed by atoms with Gasteiger partial charge in [-0.2, -0.15) is 22.0 Å². The third-order valence-corrected chi connectivity index (χ3v) is 11.9. The number of benzene rings is 1. The lowest BCUT2D eigenvalue weighted by molar-refractivity contribution is -0.284. The number of hydrogen-bond donors (Lipinski definition) is 0. The Morgan fingerprint density at radius 3 is 1.66 bits per heavy atom. The van der Waals surface area contributed by atoms with E-state index in [0.717, 1.165) is 83.8 Å². The summed E-state index contributed by atoms with van der Waals surface area (Å²) in [6.45, 7) is 10.3. The molecule has 0 aliphatic carbocycles. The van der Waals surface area contributed by atoms with Gasteiger partial charge < -0.3 is 38.1 Å². The van der Waals surface area contributed by atoms with Crippen LogP contribution in [0.1, 0.15) is 185 Å². The first-order chi connectivity index (χ1) is 34.1. The van der Waals surface area contributed by atoms with Crippen molar-refractivity contribution in [3.63, 3.8) is 0 Å². The van der Waals surface area contributed by atoms with Crippen LogP contribution in [0.15, 0.2) is 42.5 Å². The van der Waals surface area contributed by atoms with Gasteiger partial charge in [0.05, 0.1) is 19.6 Å². The van der Waals surface area contributed by atoms with Crippen LogP contribution in [0.4, 0.5) is 26.7 Å². The summed E-state index contributed by atoms with van der Waals surface area (Å²) in [6.07, 6.45) is 14.0. The summed E-state index contributed by atoms with van der Waals surface area (Å²) in [5, 5.41) is 0. The Morgan fingerprint density at radius 1 is 0.606 bits per heavy atom. The van der Waals surface area contributed by atoms with Crippen molar-refractivity contribution in [2.24, 2.45) is 5.92 Å². The maximum atomic E-state index is 13.1. The predicted molar refractivity (Wildman–Crippen MR) is 261 cm³/mol. The molecule has 0 amide bonds. The van der Waals surface area contributed by atoms with Gasteiger partial charge in [-0.25, -0.2) is 4.79 Å². The summed E-state index contributed by atoms with van der Waals surface area (Å²) < 4.78 is 102. The van der Waals surface area contributed by atoms with Gasteiger partial charge in [-0.1, -0.05) is 70.8 Å². The lowest BCUT2D eigenvalue weighted by Crippen LogP contribution is -2.37. The van der Waals surface area contributed by atoms with Crippen molar-refractivity contribution in [2.75, 3.05) is 46.1 Å². The maximum absolute atomic E-state index is 13.1. The molecule has 1 aromatic rings. The number of ether oxygens (including phenoxy) is 7. The van der Waals surface area contributed by atoms with Gasteiger partial charge in [-0.05, 0) is 138 Å². The molecule has 0 radical (unpaired) electrons. The van der Waals surface area contributed by atoms with Crippen molar-refractivity contribution in [1.29, 1.82) is 0 Å². The molecule has 0 spiro atoms. The fourth-order valence-corrected chi connectivity index (χ4v) is 7.78. The standard InChI is InChI=1S/C54H84F5NO11/c1-4-7-9-11-16-23-34-66-51(67-35-24-17-12-10-8-5-2)30-29-50(63)69-42-46-36-45(37-47(38-46)43-71-52(64)70-40-44-26-25-32-60(6-3)39-44)41-68-49(62)28-20-14-13-19-27-48(61)65-33-22-18-15-21-31-53(55,56)54(57,58)59/h7-10,36-38,44,51H,4-6,11-35,39-43H2,1-3H3/b9-7-,10-8-. The average Bonchev–Trinajstić information content (AvgIpc) is 3.34. The highest BCUT2D eigenvalue weighted by Gasteiger charge is 2.56. The van der Waals surface area contributed by atoms with Crippen LogP contribution >= 0.6 is 0 Å². The summed E-state index contributed by atoms with van der Waals surface area (Å²) in [6, 6.07) is 5.29. The molecule has 1 saturated heterocycles. The van der Waals surface area contributed by atoms with Crippen LogP contribution < -0.4 is 0 Å². The second-order valence-electron chi connectivity index (χ2n) is 18.2. The maximum Gasteiger partial charge on any atom is 0.508 e. The van der Waals surface area contributed by atoms with E-state index in [-0.39, 0.29) is 71.1 Å². The Balaban J connectivity index is 1.87. The van der Waals surface area contributed by atoms with Crippen molar-refractivity contribution in [3.05, 3.63) is 59.2 Å². The molecular weight excluding hydrogens is 934 g/mol. The van der Waals surface area contributed by atoms with Gasteiger partial charge in [0.2, 0.25) is 0 Å². The highest BCUT2D eigenvalue weighted by atomic mass is 19.4. The molecule has 1 fully saturated rings. The Morgan fingerprint density at radius 2 is 1.11 bits per heavy atom. The van der Waals surface area contributed by atoms with E-state index in [1.807, 2.05) is 0 Å². The van der Waals surface area contributed by atoms with Gasteiger partial charge in [0, 0.05) is 51.4 Å². The van der Waals surface area contributed by atoms with Crippen molar-refractivity contribution in [3.8, 4) is 0 Å². The Hall–Kier alpha value is -4.09. The zero-order valence-electron chi connectivity index (χ0n) is 42.9. The summed E-state index contributed by atoms with van der Waals surface area (Å²) in [5.74, 6) is -5.73. The fraction of sp³-hybridized carbons (Fsp3) is 0.741. The van der Waals surface area contributed by atoms with Crippen LogP contribution in [0.3, 0.4) is 0 Å². The van der Waals surface area contributed by atoms with Crippen LogP contribution in [0.5, 0.6) is 0 Å². The number of carbonyl (C=O) groups is 4. The molecule has 12 nitrogen and oxygen atoms in total. The van der Waals surface area contributed by atoms with E-state index < -0.39 is 48.9 Å². The molecule has 1 heterocycles. The number of nitrogens with zero attached hydrogens (tertiary/aromatic N) is 1. The number of hydrogen-bond acceptors (Lipinski definition) is 12. The topological polar surface area (TPSA) is 136 Å². The number of rotatable bonds is 40. The second-order valence-corrected chi connectivity index (χ2v) is 18.2. The molecule has 1 aliphatic heterocycles. The lowest BCUT2D eigenvalue weighted by atomic mass is 9.99. The SMILES string of the molecule is CC/C=C\CCCCOC(CCC(=O)OCc1cc(COC(=O)CCCCCCC(=O)OCCCCCCC(F)(F)C(F)(F)F)cc(COC(=O)OCC2CCCN(CC)C2)c1)OCCCC/C=C\CC. The first-order valence-corrected chi connectivity index (χ1v) is 26.2. The molecule has 71 heavy (non-hydrogen) atoms. The predicted octanol–water partition coefficient (Wildman–Crippen LogP) is 13.6.